The van der Waals surface area contributed by atoms with Gasteiger partial charge in [0.25, 0.3) is 0 Å². The van der Waals surface area contributed by atoms with Crippen LogP contribution in [-0.2, 0) is 15.9 Å². The highest BCUT2D eigenvalue weighted by atomic mass is 16.7. The van der Waals surface area contributed by atoms with E-state index in [1.54, 1.807) is 12.7 Å². The van der Waals surface area contributed by atoms with Crippen molar-refractivity contribution in [2.24, 2.45) is 22.7 Å². The third-order valence-corrected chi connectivity index (χ3v) is 8.71. The molecular formula is C27H42O3. The van der Waals surface area contributed by atoms with Gasteiger partial charge >= 0.3 is 0 Å². The fourth-order valence-electron chi connectivity index (χ4n) is 7.31. The summed E-state index contributed by atoms with van der Waals surface area (Å²) in [6.07, 6.45) is 8.52. The molecule has 3 heteroatoms. The van der Waals surface area contributed by atoms with Crippen LogP contribution in [0.15, 0.2) is 18.2 Å². The van der Waals surface area contributed by atoms with Crippen molar-refractivity contribution in [1.29, 1.82) is 0 Å². The van der Waals surface area contributed by atoms with Crippen LogP contribution < -0.4 is 4.74 Å². The second-order valence-electron chi connectivity index (χ2n) is 10.6. The second kappa shape index (κ2) is 8.13. The van der Waals surface area contributed by atoms with Crippen LogP contribution in [0.2, 0.25) is 0 Å². The van der Waals surface area contributed by atoms with Crippen molar-refractivity contribution in [1.82, 2.24) is 0 Å². The molecule has 1 spiro atoms. The van der Waals surface area contributed by atoms with Gasteiger partial charge in [-0.15, -0.1) is 0 Å². The minimum absolute atomic E-state index is 0.137. The number of rotatable bonds is 2. The molecule has 1 aromatic rings. The summed E-state index contributed by atoms with van der Waals surface area (Å²) in [6.45, 7) is 12.6. The Kier molecular flexibility index (Phi) is 6.00. The maximum atomic E-state index is 6.65. The fourth-order valence-corrected chi connectivity index (χ4v) is 7.31. The minimum Gasteiger partial charge on any atom is -0.497 e. The lowest BCUT2D eigenvalue weighted by atomic mass is 9.53. The van der Waals surface area contributed by atoms with E-state index in [0.29, 0.717) is 5.92 Å². The molecule has 1 heterocycles. The van der Waals surface area contributed by atoms with Gasteiger partial charge in [-0.2, -0.15) is 0 Å². The molecule has 3 aliphatic carbocycles. The molecule has 168 valence electrons. The summed E-state index contributed by atoms with van der Waals surface area (Å²) < 4.78 is 18.8. The average molecular weight is 415 g/mol. The Labute approximate surface area is 183 Å². The van der Waals surface area contributed by atoms with Gasteiger partial charge in [0.15, 0.2) is 5.79 Å². The molecule has 3 nitrogen and oxygen atoms in total. The quantitative estimate of drug-likeness (QED) is 0.536. The first-order valence-electron chi connectivity index (χ1n) is 12.4. The van der Waals surface area contributed by atoms with Crippen LogP contribution in [0.1, 0.15) is 90.2 Å². The van der Waals surface area contributed by atoms with E-state index in [9.17, 15) is 0 Å². The van der Waals surface area contributed by atoms with E-state index < -0.39 is 0 Å². The summed E-state index contributed by atoms with van der Waals surface area (Å²) in [5.74, 6) is 2.88. The number of ether oxygens (including phenoxy) is 3. The largest absolute Gasteiger partial charge is 0.497 e. The lowest BCUT2D eigenvalue weighted by Crippen LogP contribution is -2.59. The fraction of sp³-hybridized carbons (Fsp3) is 0.778. The van der Waals surface area contributed by atoms with Crippen LogP contribution >= 0.6 is 0 Å². The summed E-state index contributed by atoms with van der Waals surface area (Å²) in [5.41, 5.74) is 3.45. The van der Waals surface area contributed by atoms with Gasteiger partial charge in [-0.1, -0.05) is 40.7 Å². The molecule has 0 amide bonds. The molecule has 4 unspecified atom stereocenters. The predicted molar refractivity (Wildman–Crippen MR) is 122 cm³/mol. The van der Waals surface area contributed by atoms with E-state index >= 15 is 0 Å². The zero-order chi connectivity index (χ0) is 21.6. The minimum atomic E-state index is -0.326. The molecule has 30 heavy (non-hydrogen) atoms. The Bertz CT molecular complexity index is 744. The van der Waals surface area contributed by atoms with E-state index in [2.05, 4.69) is 39.0 Å². The topological polar surface area (TPSA) is 27.7 Å². The van der Waals surface area contributed by atoms with Crippen molar-refractivity contribution in [2.75, 3.05) is 20.3 Å². The molecular weight excluding hydrogens is 372 g/mol. The zero-order valence-corrected chi connectivity index (χ0v) is 20.1. The lowest BCUT2D eigenvalue weighted by Gasteiger charge is -2.57. The van der Waals surface area contributed by atoms with Crippen LogP contribution in [0.5, 0.6) is 5.75 Å². The molecule has 0 aromatic heterocycles. The standard InChI is InChI=1S/C25H36O3.C2H6/c1-5-24-12-10-20-19-9-7-18(26-4)14-17(19)6-8-21(20)22(24)11-13-25(24)27-15-23(2,3)16-28-25;1-2/h7,9,14,20-22H,5-6,8,10-13,15-16H2,1-4H3;1-2H3. The SMILES string of the molecule is CC.CCC12CCC3c4ccc(OC)cc4CCC3C1CCC21OCC(C)(C)CO1. The smallest absolute Gasteiger partial charge is 0.174 e. The summed E-state index contributed by atoms with van der Waals surface area (Å²) in [5, 5.41) is 0. The molecule has 0 N–H and O–H groups in total. The van der Waals surface area contributed by atoms with Crippen molar-refractivity contribution in [3.05, 3.63) is 29.3 Å². The van der Waals surface area contributed by atoms with Crippen molar-refractivity contribution in [2.45, 2.75) is 91.3 Å². The lowest BCUT2D eigenvalue weighted by molar-refractivity contribution is -0.349. The zero-order valence-electron chi connectivity index (χ0n) is 20.1. The van der Waals surface area contributed by atoms with E-state index in [4.69, 9.17) is 14.2 Å². The summed E-state index contributed by atoms with van der Waals surface area (Å²) in [6, 6.07) is 6.79. The summed E-state index contributed by atoms with van der Waals surface area (Å²) >= 11 is 0. The highest BCUT2D eigenvalue weighted by molar-refractivity contribution is 5.41. The maximum absolute atomic E-state index is 6.65. The highest BCUT2D eigenvalue weighted by Crippen LogP contribution is 2.67. The Morgan fingerprint density at radius 3 is 2.43 bits per heavy atom. The first-order chi connectivity index (χ1) is 14.4. The van der Waals surface area contributed by atoms with Crippen molar-refractivity contribution >= 4 is 0 Å². The number of benzene rings is 1. The van der Waals surface area contributed by atoms with Crippen molar-refractivity contribution in [3.8, 4) is 5.75 Å². The number of aryl methyl sites for hydroxylation is 1. The van der Waals surface area contributed by atoms with Gasteiger partial charge in [0, 0.05) is 17.3 Å². The summed E-state index contributed by atoms with van der Waals surface area (Å²) in [4.78, 5) is 0. The monoisotopic (exact) mass is 414 g/mol. The summed E-state index contributed by atoms with van der Waals surface area (Å²) in [7, 11) is 1.77. The van der Waals surface area contributed by atoms with Gasteiger partial charge in [0.1, 0.15) is 5.75 Å². The number of hydrogen-bond donors (Lipinski definition) is 0. The van der Waals surface area contributed by atoms with E-state index in [1.165, 1.54) is 44.1 Å². The van der Waals surface area contributed by atoms with Crippen molar-refractivity contribution < 1.29 is 14.2 Å². The van der Waals surface area contributed by atoms with Gasteiger partial charge in [0.2, 0.25) is 0 Å². The number of fused-ring (bicyclic) bond motifs is 6. The molecule has 5 rings (SSSR count). The van der Waals surface area contributed by atoms with E-state index in [0.717, 1.165) is 37.2 Å². The van der Waals surface area contributed by atoms with Crippen molar-refractivity contribution in [3.63, 3.8) is 0 Å². The van der Waals surface area contributed by atoms with E-state index in [1.807, 2.05) is 13.8 Å². The van der Waals surface area contributed by atoms with Gasteiger partial charge < -0.3 is 14.2 Å². The number of hydrogen-bond acceptors (Lipinski definition) is 3. The number of methoxy groups -OCH3 is 1. The molecule has 0 radical (unpaired) electrons. The normalized spacial score (nSPS) is 35.5. The first-order valence-corrected chi connectivity index (χ1v) is 12.4. The third-order valence-electron chi connectivity index (χ3n) is 8.71. The maximum Gasteiger partial charge on any atom is 0.174 e. The molecule has 1 saturated heterocycles. The van der Waals surface area contributed by atoms with Crippen LogP contribution in [0.4, 0.5) is 0 Å². The van der Waals surface area contributed by atoms with Gasteiger partial charge in [0.05, 0.1) is 20.3 Å². The molecule has 1 aromatic carbocycles. The Morgan fingerprint density at radius 2 is 1.77 bits per heavy atom. The van der Waals surface area contributed by atoms with Gasteiger partial charge in [-0.3, -0.25) is 0 Å². The highest BCUT2D eigenvalue weighted by Gasteiger charge is 2.66. The molecule has 2 saturated carbocycles. The van der Waals surface area contributed by atoms with Crippen LogP contribution in [0.25, 0.3) is 0 Å². The Hall–Kier alpha value is -1.06. The first kappa shape index (κ1) is 22.1. The molecule has 0 bridgehead atoms. The van der Waals surface area contributed by atoms with Crippen LogP contribution in [0, 0.1) is 22.7 Å². The third kappa shape index (κ3) is 3.23. The van der Waals surface area contributed by atoms with Crippen LogP contribution in [-0.4, -0.2) is 26.1 Å². The molecule has 4 aliphatic rings. The average Bonchev–Trinajstić information content (AvgIpc) is 3.11. The Balaban J connectivity index is 0.00000106. The van der Waals surface area contributed by atoms with Crippen LogP contribution in [0.3, 0.4) is 0 Å². The molecule has 3 fully saturated rings. The predicted octanol–water partition coefficient (Wildman–Crippen LogP) is 6.74. The van der Waals surface area contributed by atoms with Gasteiger partial charge in [-0.05, 0) is 79.5 Å². The van der Waals surface area contributed by atoms with E-state index in [-0.39, 0.29) is 16.6 Å². The molecule has 4 atom stereocenters. The second-order valence-corrected chi connectivity index (χ2v) is 10.6. The van der Waals surface area contributed by atoms with Gasteiger partial charge in [-0.25, -0.2) is 0 Å². The molecule has 1 aliphatic heterocycles. The Morgan fingerprint density at radius 1 is 1.03 bits per heavy atom.